The first-order valence-electron chi connectivity index (χ1n) is 11.9. The van der Waals surface area contributed by atoms with E-state index in [1.54, 1.807) is 0 Å². The highest BCUT2D eigenvalue weighted by molar-refractivity contribution is 6.01. The van der Waals surface area contributed by atoms with Gasteiger partial charge < -0.3 is 14.4 Å². The number of ether oxygens (including phenoxy) is 2. The molecule has 3 heterocycles. The van der Waals surface area contributed by atoms with Crippen molar-refractivity contribution in [2.24, 2.45) is 0 Å². The van der Waals surface area contributed by atoms with E-state index >= 15 is 0 Å². The van der Waals surface area contributed by atoms with Gasteiger partial charge in [0.05, 0.1) is 30.6 Å². The Kier molecular flexibility index (Phi) is 5.89. The maximum absolute atomic E-state index is 12.8. The zero-order valence-electron chi connectivity index (χ0n) is 19.6. The van der Waals surface area contributed by atoms with Crippen LogP contribution in [0.4, 0.5) is 0 Å². The van der Waals surface area contributed by atoms with Crippen LogP contribution in [0.25, 0.3) is 33.3 Å². The second kappa shape index (κ2) is 9.64. The van der Waals surface area contributed by atoms with Crippen molar-refractivity contribution >= 4 is 16.8 Å². The smallest absolute Gasteiger partial charge is 0.254 e. The normalized spacial score (nSPS) is 13.6. The van der Waals surface area contributed by atoms with Crippen LogP contribution < -0.4 is 4.74 Å². The predicted octanol–water partition coefficient (Wildman–Crippen LogP) is 5.56. The Hall–Kier alpha value is -4.49. The minimum Gasteiger partial charge on any atom is -0.457 e. The first-order valence-corrected chi connectivity index (χ1v) is 11.9. The number of aromatic amines is 1. The number of benzene rings is 3. The van der Waals surface area contributed by atoms with Crippen molar-refractivity contribution in [1.29, 1.82) is 0 Å². The third-order valence-corrected chi connectivity index (χ3v) is 6.34. The van der Waals surface area contributed by atoms with Gasteiger partial charge in [-0.25, -0.2) is 0 Å². The second-order valence-electron chi connectivity index (χ2n) is 8.60. The maximum Gasteiger partial charge on any atom is 0.254 e. The molecule has 0 aliphatic carbocycles. The Balaban J connectivity index is 1.26. The lowest BCUT2D eigenvalue weighted by molar-refractivity contribution is 0.0303. The summed E-state index contributed by atoms with van der Waals surface area (Å²) < 4.78 is 11.3. The number of para-hydroxylation sites is 1. The number of carbonyl (C=O) groups excluding carboxylic acids is 1. The molecular formula is C29H24N4O3. The number of carbonyl (C=O) groups is 1. The van der Waals surface area contributed by atoms with Crippen molar-refractivity contribution in [2.45, 2.75) is 0 Å². The van der Waals surface area contributed by atoms with Gasteiger partial charge in [0.1, 0.15) is 11.5 Å². The van der Waals surface area contributed by atoms with Crippen LogP contribution in [0.5, 0.6) is 11.5 Å². The van der Waals surface area contributed by atoms with Crippen molar-refractivity contribution in [3.8, 4) is 33.9 Å². The second-order valence-corrected chi connectivity index (χ2v) is 8.60. The molecular weight excluding hydrogens is 452 g/mol. The molecule has 0 spiro atoms. The van der Waals surface area contributed by atoms with Crippen LogP contribution in [0.3, 0.4) is 0 Å². The molecule has 1 aliphatic heterocycles. The Morgan fingerprint density at radius 3 is 2.28 bits per heavy atom. The summed E-state index contributed by atoms with van der Waals surface area (Å²) in [6, 6.07) is 25.2. The number of hydrogen-bond acceptors (Lipinski definition) is 5. The third kappa shape index (κ3) is 4.32. The highest BCUT2D eigenvalue weighted by atomic mass is 16.5. The van der Waals surface area contributed by atoms with E-state index in [4.69, 9.17) is 14.5 Å². The fraction of sp³-hybridized carbons (Fsp3) is 0.138. The lowest BCUT2D eigenvalue weighted by Gasteiger charge is -2.26. The van der Waals surface area contributed by atoms with E-state index in [1.807, 2.05) is 96.2 Å². The first-order chi connectivity index (χ1) is 17.8. The quantitative estimate of drug-likeness (QED) is 0.359. The molecule has 7 nitrogen and oxygen atoms in total. The van der Waals surface area contributed by atoms with Gasteiger partial charge in [-0.15, -0.1) is 0 Å². The topological polar surface area (TPSA) is 80.3 Å². The number of fused-ring (bicyclic) bond motifs is 1. The van der Waals surface area contributed by atoms with E-state index < -0.39 is 0 Å². The number of nitrogens with one attached hydrogen (secondary N) is 1. The lowest BCUT2D eigenvalue weighted by atomic mass is 10.0. The largest absolute Gasteiger partial charge is 0.457 e. The van der Waals surface area contributed by atoms with Crippen LogP contribution in [0.2, 0.25) is 0 Å². The van der Waals surface area contributed by atoms with Crippen LogP contribution in [0.1, 0.15) is 10.4 Å². The number of amides is 1. The van der Waals surface area contributed by atoms with Crippen LogP contribution in [-0.2, 0) is 4.74 Å². The lowest BCUT2D eigenvalue weighted by Crippen LogP contribution is -2.40. The molecule has 1 amide bonds. The zero-order valence-corrected chi connectivity index (χ0v) is 19.6. The fourth-order valence-electron chi connectivity index (χ4n) is 4.43. The van der Waals surface area contributed by atoms with E-state index in [2.05, 4.69) is 10.2 Å². The highest BCUT2D eigenvalue weighted by Gasteiger charge is 2.19. The van der Waals surface area contributed by atoms with Crippen molar-refractivity contribution in [2.75, 3.05) is 26.3 Å². The van der Waals surface area contributed by atoms with Gasteiger partial charge in [-0.1, -0.05) is 42.5 Å². The SMILES string of the molecule is O=C(c1ccc(-c2ncc(-c3ccc(Oc4ccccc4)cc3)c3cn[nH]c23)cc1)N1CCOCC1. The Morgan fingerprint density at radius 1 is 0.833 bits per heavy atom. The molecule has 0 bridgehead atoms. The van der Waals surface area contributed by atoms with Gasteiger partial charge in [0.15, 0.2) is 0 Å². The highest BCUT2D eigenvalue weighted by Crippen LogP contribution is 2.34. The van der Waals surface area contributed by atoms with Gasteiger partial charge in [-0.2, -0.15) is 5.10 Å². The number of rotatable bonds is 5. The van der Waals surface area contributed by atoms with E-state index in [0.29, 0.717) is 31.9 Å². The van der Waals surface area contributed by atoms with E-state index in [-0.39, 0.29) is 5.91 Å². The maximum atomic E-state index is 12.8. The summed E-state index contributed by atoms with van der Waals surface area (Å²) in [4.78, 5) is 19.4. The molecule has 6 rings (SSSR count). The van der Waals surface area contributed by atoms with Crippen LogP contribution in [0, 0.1) is 0 Å². The van der Waals surface area contributed by atoms with Crippen molar-refractivity contribution < 1.29 is 14.3 Å². The molecule has 5 aromatic rings. The Labute approximate surface area is 208 Å². The number of nitrogens with zero attached hydrogens (tertiary/aromatic N) is 3. The number of hydrogen-bond donors (Lipinski definition) is 1. The number of pyridine rings is 1. The van der Waals surface area contributed by atoms with Crippen LogP contribution >= 0.6 is 0 Å². The molecule has 0 atom stereocenters. The summed E-state index contributed by atoms with van der Waals surface area (Å²) in [5.74, 6) is 1.59. The van der Waals surface area contributed by atoms with Crippen LogP contribution in [0.15, 0.2) is 91.3 Å². The van der Waals surface area contributed by atoms with Crippen LogP contribution in [-0.4, -0.2) is 52.3 Å². The molecule has 178 valence electrons. The van der Waals surface area contributed by atoms with Gasteiger partial charge >= 0.3 is 0 Å². The van der Waals surface area contributed by atoms with Crippen molar-refractivity contribution in [3.05, 3.63) is 96.8 Å². The average Bonchev–Trinajstić information content (AvgIpc) is 3.44. The van der Waals surface area contributed by atoms with E-state index in [0.717, 1.165) is 44.8 Å². The van der Waals surface area contributed by atoms with Crippen molar-refractivity contribution in [3.63, 3.8) is 0 Å². The van der Waals surface area contributed by atoms with Gasteiger partial charge in [-0.05, 0) is 42.0 Å². The number of H-pyrrole nitrogens is 1. The molecule has 0 saturated carbocycles. The molecule has 0 unspecified atom stereocenters. The summed E-state index contributed by atoms with van der Waals surface area (Å²) in [7, 11) is 0. The Bertz CT molecular complexity index is 1490. The monoisotopic (exact) mass is 476 g/mol. The predicted molar refractivity (Wildman–Crippen MR) is 138 cm³/mol. The van der Waals surface area contributed by atoms with E-state index in [9.17, 15) is 4.79 Å². The summed E-state index contributed by atoms with van der Waals surface area (Å²) >= 11 is 0. The van der Waals surface area contributed by atoms with Gasteiger partial charge in [-0.3, -0.25) is 14.9 Å². The molecule has 2 aromatic heterocycles. The fourth-order valence-corrected chi connectivity index (χ4v) is 4.43. The molecule has 1 N–H and O–H groups in total. The molecule has 36 heavy (non-hydrogen) atoms. The molecule has 1 aliphatic rings. The minimum absolute atomic E-state index is 0.0273. The summed E-state index contributed by atoms with van der Waals surface area (Å²) in [6.07, 6.45) is 3.69. The summed E-state index contributed by atoms with van der Waals surface area (Å²) in [5.41, 5.74) is 5.22. The minimum atomic E-state index is 0.0273. The van der Waals surface area contributed by atoms with Gasteiger partial charge in [0, 0.05) is 41.4 Å². The van der Waals surface area contributed by atoms with Crippen molar-refractivity contribution in [1.82, 2.24) is 20.1 Å². The first kappa shape index (κ1) is 22.0. The molecule has 0 radical (unpaired) electrons. The summed E-state index contributed by atoms with van der Waals surface area (Å²) in [6.45, 7) is 2.41. The van der Waals surface area contributed by atoms with Gasteiger partial charge in [0.25, 0.3) is 5.91 Å². The number of aromatic nitrogens is 3. The standard InChI is InChI=1S/C29H24N4O3/c34-29(33-14-16-35-17-15-33)22-8-6-21(7-9-22)27-28-26(19-31-32-28)25(18-30-27)20-10-12-24(13-11-20)36-23-4-2-1-3-5-23/h1-13,18-19H,14-17H2,(H,31,32). The molecule has 1 saturated heterocycles. The Morgan fingerprint density at radius 2 is 1.53 bits per heavy atom. The molecule has 7 heteroatoms. The number of morpholine rings is 1. The van der Waals surface area contributed by atoms with Gasteiger partial charge in [0.2, 0.25) is 0 Å². The zero-order chi connectivity index (χ0) is 24.3. The average molecular weight is 477 g/mol. The molecule has 3 aromatic carbocycles. The third-order valence-electron chi connectivity index (χ3n) is 6.34. The molecule has 1 fully saturated rings. The van der Waals surface area contributed by atoms with E-state index in [1.165, 1.54) is 0 Å². The summed E-state index contributed by atoms with van der Waals surface area (Å²) in [5, 5.41) is 8.37.